The third-order valence-electron chi connectivity index (χ3n) is 3.32. The van der Waals surface area contributed by atoms with Crippen molar-refractivity contribution in [2.45, 2.75) is 77.3 Å². The van der Waals surface area contributed by atoms with E-state index < -0.39 is 5.60 Å². The van der Waals surface area contributed by atoms with Crippen LogP contribution in [0.4, 0.5) is 4.79 Å². The largest absolute Gasteiger partial charge is 0.444 e. The third-order valence-corrected chi connectivity index (χ3v) is 4.67. The molecule has 0 aromatic heterocycles. The average Bonchev–Trinajstić information content (AvgIpc) is 2.68. The minimum atomic E-state index is -0.442. The molecule has 1 fully saturated rings. The zero-order valence-corrected chi connectivity index (χ0v) is 15.2. The fourth-order valence-corrected chi connectivity index (χ4v) is 3.73. The molecule has 1 rings (SSSR count). The minimum Gasteiger partial charge on any atom is -0.444 e. The standard InChI is InChI=1S/C16H32N2O2S/c1-11(2)7-13(18-14-8-12(3)21-10-14)9-17-15(19)20-16(4,5)6/h11-14,18H,7-10H2,1-6H3,(H,17,19). The molecule has 0 spiro atoms. The molecule has 0 aliphatic carbocycles. The smallest absolute Gasteiger partial charge is 0.407 e. The van der Waals surface area contributed by atoms with Crippen LogP contribution in [0.25, 0.3) is 0 Å². The summed E-state index contributed by atoms with van der Waals surface area (Å²) in [6.45, 7) is 13.0. The molecule has 1 saturated heterocycles. The number of hydrogen-bond donors (Lipinski definition) is 2. The first-order valence-electron chi connectivity index (χ1n) is 8.00. The molecule has 1 heterocycles. The zero-order chi connectivity index (χ0) is 16.0. The van der Waals surface area contributed by atoms with E-state index in [4.69, 9.17) is 4.74 Å². The van der Waals surface area contributed by atoms with Gasteiger partial charge in [0.15, 0.2) is 0 Å². The maximum absolute atomic E-state index is 11.8. The second kappa shape index (κ2) is 8.28. The highest BCUT2D eigenvalue weighted by Crippen LogP contribution is 2.26. The third kappa shape index (κ3) is 8.57. The fraction of sp³-hybridized carbons (Fsp3) is 0.938. The predicted molar refractivity (Wildman–Crippen MR) is 90.9 cm³/mol. The van der Waals surface area contributed by atoms with Crippen LogP contribution >= 0.6 is 11.8 Å². The number of hydrogen-bond acceptors (Lipinski definition) is 4. The number of amides is 1. The highest BCUT2D eigenvalue weighted by atomic mass is 32.2. The molecular weight excluding hydrogens is 284 g/mol. The van der Waals surface area contributed by atoms with Gasteiger partial charge in [-0.2, -0.15) is 11.8 Å². The Hall–Kier alpha value is -0.420. The first-order valence-corrected chi connectivity index (χ1v) is 9.05. The van der Waals surface area contributed by atoms with E-state index in [1.54, 1.807) is 0 Å². The van der Waals surface area contributed by atoms with E-state index >= 15 is 0 Å². The predicted octanol–water partition coefficient (Wildman–Crippen LogP) is 3.41. The summed E-state index contributed by atoms with van der Waals surface area (Å²) in [4.78, 5) is 11.8. The molecule has 0 radical (unpaired) electrons. The molecule has 1 aliphatic rings. The highest BCUT2D eigenvalue weighted by molar-refractivity contribution is 8.00. The lowest BCUT2D eigenvalue weighted by Gasteiger charge is -2.26. The van der Waals surface area contributed by atoms with Gasteiger partial charge in [0, 0.05) is 29.6 Å². The van der Waals surface area contributed by atoms with Crippen LogP contribution < -0.4 is 10.6 Å². The fourth-order valence-electron chi connectivity index (χ4n) is 2.57. The molecule has 0 bridgehead atoms. The Morgan fingerprint density at radius 2 is 2.05 bits per heavy atom. The van der Waals surface area contributed by atoms with E-state index in [1.807, 2.05) is 32.5 Å². The Labute approximate surface area is 134 Å². The van der Waals surface area contributed by atoms with Crippen LogP contribution in [0.2, 0.25) is 0 Å². The van der Waals surface area contributed by atoms with Crippen LogP contribution in [0, 0.1) is 5.92 Å². The molecule has 3 unspecified atom stereocenters. The molecule has 1 aliphatic heterocycles. The van der Waals surface area contributed by atoms with Gasteiger partial charge in [0.05, 0.1) is 0 Å². The number of nitrogens with one attached hydrogen (secondary N) is 2. The number of carbonyl (C=O) groups is 1. The lowest BCUT2D eigenvalue weighted by molar-refractivity contribution is 0.0520. The molecule has 0 aromatic rings. The van der Waals surface area contributed by atoms with E-state index in [-0.39, 0.29) is 6.09 Å². The quantitative estimate of drug-likeness (QED) is 0.788. The Bertz CT molecular complexity index is 329. The summed E-state index contributed by atoms with van der Waals surface area (Å²) in [6, 6.07) is 0.877. The van der Waals surface area contributed by atoms with Gasteiger partial charge < -0.3 is 15.4 Å². The Morgan fingerprint density at radius 3 is 2.52 bits per heavy atom. The summed E-state index contributed by atoms with van der Waals surface area (Å²) in [5, 5.41) is 7.34. The van der Waals surface area contributed by atoms with E-state index in [1.165, 1.54) is 12.2 Å². The number of rotatable bonds is 6. The molecule has 5 heteroatoms. The number of carbonyl (C=O) groups excluding carboxylic acids is 1. The summed E-state index contributed by atoms with van der Waals surface area (Å²) in [5.74, 6) is 1.77. The second-order valence-corrected chi connectivity index (χ2v) is 8.92. The summed E-state index contributed by atoms with van der Waals surface area (Å²) < 4.78 is 5.30. The van der Waals surface area contributed by atoms with Gasteiger partial charge in [0.1, 0.15) is 5.60 Å². The van der Waals surface area contributed by atoms with Crippen LogP contribution in [0.1, 0.15) is 54.4 Å². The van der Waals surface area contributed by atoms with Crippen molar-refractivity contribution in [3.63, 3.8) is 0 Å². The van der Waals surface area contributed by atoms with Crippen molar-refractivity contribution in [2.75, 3.05) is 12.3 Å². The van der Waals surface area contributed by atoms with Gasteiger partial charge in [-0.15, -0.1) is 0 Å². The van der Waals surface area contributed by atoms with Crippen molar-refractivity contribution < 1.29 is 9.53 Å². The summed E-state index contributed by atoms with van der Waals surface area (Å²) >= 11 is 2.02. The van der Waals surface area contributed by atoms with Gasteiger partial charge in [0.2, 0.25) is 0 Å². The van der Waals surface area contributed by atoms with Gasteiger partial charge in [-0.3, -0.25) is 0 Å². The van der Waals surface area contributed by atoms with Gasteiger partial charge >= 0.3 is 6.09 Å². The number of thioether (sulfide) groups is 1. The molecule has 0 aromatic carbocycles. The Morgan fingerprint density at radius 1 is 1.38 bits per heavy atom. The van der Waals surface area contributed by atoms with Crippen molar-refractivity contribution in [1.29, 1.82) is 0 Å². The molecule has 1 amide bonds. The van der Waals surface area contributed by atoms with Gasteiger partial charge in [-0.1, -0.05) is 20.8 Å². The van der Waals surface area contributed by atoms with E-state index in [0.717, 1.165) is 11.7 Å². The van der Waals surface area contributed by atoms with Crippen molar-refractivity contribution in [3.8, 4) is 0 Å². The SMILES string of the molecule is CC(C)CC(CNC(=O)OC(C)(C)C)NC1CSC(C)C1. The number of alkyl carbamates (subject to hydrolysis) is 1. The summed E-state index contributed by atoms with van der Waals surface area (Å²) in [6.07, 6.45) is 1.95. The normalized spacial score (nSPS) is 24.1. The van der Waals surface area contributed by atoms with E-state index in [0.29, 0.717) is 24.5 Å². The second-order valence-electron chi connectivity index (χ2n) is 7.45. The summed E-state index contributed by atoms with van der Waals surface area (Å²) in [5.41, 5.74) is -0.442. The average molecular weight is 317 g/mol. The maximum atomic E-state index is 11.8. The monoisotopic (exact) mass is 316 g/mol. The molecule has 3 atom stereocenters. The van der Waals surface area contributed by atoms with Crippen LogP contribution in [0.3, 0.4) is 0 Å². The molecular formula is C16H32N2O2S. The van der Waals surface area contributed by atoms with Gasteiger partial charge in [-0.05, 0) is 39.5 Å². The highest BCUT2D eigenvalue weighted by Gasteiger charge is 2.25. The Balaban J connectivity index is 2.40. The molecule has 21 heavy (non-hydrogen) atoms. The first-order chi connectivity index (χ1) is 9.65. The van der Waals surface area contributed by atoms with Crippen molar-refractivity contribution in [1.82, 2.24) is 10.6 Å². The van der Waals surface area contributed by atoms with Crippen LogP contribution in [-0.2, 0) is 4.74 Å². The van der Waals surface area contributed by atoms with Crippen molar-refractivity contribution >= 4 is 17.9 Å². The lowest BCUT2D eigenvalue weighted by Crippen LogP contribution is -2.47. The van der Waals surface area contributed by atoms with Crippen molar-refractivity contribution in [2.24, 2.45) is 5.92 Å². The van der Waals surface area contributed by atoms with Crippen molar-refractivity contribution in [3.05, 3.63) is 0 Å². The molecule has 0 saturated carbocycles. The van der Waals surface area contributed by atoms with Gasteiger partial charge in [-0.25, -0.2) is 4.79 Å². The summed E-state index contributed by atoms with van der Waals surface area (Å²) in [7, 11) is 0. The zero-order valence-electron chi connectivity index (χ0n) is 14.4. The first kappa shape index (κ1) is 18.6. The minimum absolute atomic E-state index is 0.313. The van der Waals surface area contributed by atoms with Crippen LogP contribution in [-0.4, -0.2) is 41.3 Å². The lowest BCUT2D eigenvalue weighted by atomic mass is 10.0. The molecule has 4 nitrogen and oxygen atoms in total. The van der Waals surface area contributed by atoms with Crippen LogP contribution in [0.15, 0.2) is 0 Å². The molecule has 2 N–H and O–H groups in total. The molecule has 124 valence electrons. The number of ether oxygens (including phenoxy) is 1. The van der Waals surface area contributed by atoms with E-state index in [9.17, 15) is 4.79 Å². The topological polar surface area (TPSA) is 50.4 Å². The maximum Gasteiger partial charge on any atom is 0.407 e. The van der Waals surface area contributed by atoms with Crippen LogP contribution in [0.5, 0.6) is 0 Å². The van der Waals surface area contributed by atoms with Gasteiger partial charge in [0.25, 0.3) is 0 Å². The van der Waals surface area contributed by atoms with E-state index in [2.05, 4.69) is 31.4 Å². The Kier molecular flexibility index (Phi) is 7.34.